The molecule has 1 nitrogen and oxygen atoms in total. The van der Waals surface area contributed by atoms with Gasteiger partial charge in [-0.25, -0.2) is 0 Å². The van der Waals surface area contributed by atoms with E-state index in [2.05, 4.69) is 6.92 Å². The molecule has 0 spiro atoms. The standard InChI is InChI=1S/C5H12O.Mg.2H/c1-3-5(2)4-6;;;/h5-6H,3-4H2,1-2H3;;;. The summed E-state index contributed by atoms with van der Waals surface area (Å²) >= 11 is 0. The Kier molecular flexibility index (Phi) is 10.2. The van der Waals surface area contributed by atoms with E-state index in [4.69, 9.17) is 5.11 Å². The van der Waals surface area contributed by atoms with E-state index in [1.807, 2.05) is 6.92 Å². The summed E-state index contributed by atoms with van der Waals surface area (Å²) in [4.78, 5) is 0. The molecule has 0 aliphatic heterocycles. The molecule has 7 heavy (non-hydrogen) atoms. The normalized spacial score (nSPS) is 12.4. The zero-order valence-corrected chi connectivity index (χ0v) is 4.44. The van der Waals surface area contributed by atoms with Gasteiger partial charge in [0, 0.05) is 6.61 Å². The molecule has 0 aliphatic rings. The third-order valence-electron chi connectivity index (χ3n) is 1.01. The molecular weight excluding hydrogens is 100 g/mol. The molecule has 0 heterocycles. The molecule has 0 aromatic carbocycles. The summed E-state index contributed by atoms with van der Waals surface area (Å²) in [5.41, 5.74) is 0. The van der Waals surface area contributed by atoms with Crippen molar-refractivity contribution >= 4 is 23.1 Å². The van der Waals surface area contributed by atoms with Gasteiger partial charge in [-0.3, -0.25) is 0 Å². The largest absolute Gasteiger partial charge is 0.396 e. The van der Waals surface area contributed by atoms with Crippen LogP contribution in [-0.2, 0) is 0 Å². The van der Waals surface area contributed by atoms with Crippen LogP contribution in [0, 0.1) is 5.92 Å². The maximum Gasteiger partial charge on any atom is 0.316 e. The molecular formula is C5H14MgO. The number of hydrogen-bond donors (Lipinski definition) is 1. The van der Waals surface area contributed by atoms with Crippen LogP contribution >= 0.6 is 0 Å². The Hall–Kier alpha value is 0.726. The van der Waals surface area contributed by atoms with Crippen molar-refractivity contribution in [3.05, 3.63) is 0 Å². The van der Waals surface area contributed by atoms with Crippen molar-refractivity contribution in [2.45, 2.75) is 20.3 Å². The van der Waals surface area contributed by atoms with Gasteiger partial charge >= 0.3 is 23.1 Å². The van der Waals surface area contributed by atoms with E-state index in [-0.39, 0.29) is 23.1 Å². The Balaban J connectivity index is 0. The average Bonchev–Trinajstić information content (AvgIpc) is 1.65. The second-order valence-corrected chi connectivity index (χ2v) is 1.70. The number of hydrogen-bond acceptors (Lipinski definition) is 1. The van der Waals surface area contributed by atoms with Gasteiger partial charge in [0.05, 0.1) is 0 Å². The highest BCUT2D eigenvalue weighted by Crippen LogP contribution is 1.95. The number of aliphatic hydroxyl groups excluding tert-OH is 1. The number of aliphatic hydroxyl groups is 1. The highest BCUT2D eigenvalue weighted by molar-refractivity contribution is 5.75. The smallest absolute Gasteiger partial charge is 0.316 e. The van der Waals surface area contributed by atoms with Crippen molar-refractivity contribution in [3.8, 4) is 0 Å². The lowest BCUT2D eigenvalue weighted by Crippen LogP contribution is -1.96. The summed E-state index contributed by atoms with van der Waals surface area (Å²) in [6, 6.07) is 0. The molecule has 0 fully saturated rings. The molecule has 0 aromatic heterocycles. The Morgan fingerprint density at radius 2 is 2.00 bits per heavy atom. The molecule has 1 atom stereocenters. The highest BCUT2D eigenvalue weighted by Gasteiger charge is 1.90. The first-order valence-electron chi connectivity index (χ1n) is 2.42. The zero-order valence-electron chi connectivity index (χ0n) is 4.44. The van der Waals surface area contributed by atoms with Crippen molar-refractivity contribution in [2.24, 2.45) is 5.92 Å². The van der Waals surface area contributed by atoms with E-state index in [1.165, 1.54) is 0 Å². The molecule has 0 amide bonds. The van der Waals surface area contributed by atoms with E-state index >= 15 is 0 Å². The van der Waals surface area contributed by atoms with Crippen LogP contribution in [0.5, 0.6) is 0 Å². The molecule has 0 bridgehead atoms. The van der Waals surface area contributed by atoms with Gasteiger partial charge in [0.25, 0.3) is 0 Å². The third-order valence-corrected chi connectivity index (χ3v) is 1.01. The van der Waals surface area contributed by atoms with Crippen molar-refractivity contribution in [2.75, 3.05) is 6.61 Å². The van der Waals surface area contributed by atoms with Crippen LogP contribution in [0.2, 0.25) is 0 Å². The van der Waals surface area contributed by atoms with Gasteiger partial charge in [-0.2, -0.15) is 0 Å². The van der Waals surface area contributed by atoms with Gasteiger partial charge in [0.1, 0.15) is 0 Å². The van der Waals surface area contributed by atoms with Crippen LogP contribution in [0.4, 0.5) is 0 Å². The van der Waals surface area contributed by atoms with E-state index in [1.54, 1.807) is 0 Å². The van der Waals surface area contributed by atoms with Crippen LogP contribution in [0.1, 0.15) is 20.3 Å². The fourth-order valence-electron chi connectivity index (χ4n) is 0.129. The topological polar surface area (TPSA) is 20.2 Å². The molecule has 0 radical (unpaired) electrons. The Labute approximate surface area is 61.3 Å². The second-order valence-electron chi connectivity index (χ2n) is 1.70. The monoisotopic (exact) mass is 114 g/mol. The lowest BCUT2D eigenvalue weighted by Gasteiger charge is -1.98. The van der Waals surface area contributed by atoms with Crippen molar-refractivity contribution in [3.63, 3.8) is 0 Å². The summed E-state index contributed by atoms with van der Waals surface area (Å²) in [5, 5.41) is 8.33. The molecule has 0 saturated carbocycles. The van der Waals surface area contributed by atoms with Crippen LogP contribution in [0.25, 0.3) is 0 Å². The summed E-state index contributed by atoms with van der Waals surface area (Å²) in [5.74, 6) is 0.491. The minimum Gasteiger partial charge on any atom is -0.396 e. The lowest BCUT2D eigenvalue weighted by molar-refractivity contribution is 0.234. The molecule has 1 N–H and O–H groups in total. The molecule has 1 unspecified atom stereocenters. The quantitative estimate of drug-likeness (QED) is 0.505. The number of rotatable bonds is 2. The average molecular weight is 114 g/mol. The van der Waals surface area contributed by atoms with Crippen molar-refractivity contribution in [1.82, 2.24) is 0 Å². The second kappa shape index (κ2) is 6.73. The van der Waals surface area contributed by atoms with Gasteiger partial charge in [-0.05, 0) is 5.92 Å². The first-order valence-corrected chi connectivity index (χ1v) is 2.42. The van der Waals surface area contributed by atoms with Crippen molar-refractivity contribution < 1.29 is 5.11 Å². The minimum absolute atomic E-state index is 0. The van der Waals surface area contributed by atoms with E-state index < -0.39 is 0 Å². The first-order chi connectivity index (χ1) is 2.81. The van der Waals surface area contributed by atoms with Gasteiger partial charge in [0.2, 0.25) is 0 Å². The Morgan fingerprint density at radius 1 is 1.57 bits per heavy atom. The van der Waals surface area contributed by atoms with E-state index in [0.717, 1.165) is 6.42 Å². The fraction of sp³-hybridized carbons (Fsp3) is 1.00. The maximum absolute atomic E-state index is 8.33. The van der Waals surface area contributed by atoms with E-state index in [0.29, 0.717) is 12.5 Å². The molecule has 0 rings (SSSR count). The Morgan fingerprint density at radius 3 is 2.00 bits per heavy atom. The van der Waals surface area contributed by atoms with Crippen LogP contribution in [-0.4, -0.2) is 34.8 Å². The van der Waals surface area contributed by atoms with Crippen LogP contribution in [0.15, 0.2) is 0 Å². The SMILES string of the molecule is CCC(C)CO.[MgH2]. The Bertz CT molecular complexity index is 27.3. The summed E-state index contributed by atoms with van der Waals surface area (Å²) in [7, 11) is 0. The molecule has 42 valence electrons. The van der Waals surface area contributed by atoms with Gasteiger partial charge in [-0.15, -0.1) is 0 Å². The summed E-state index contributed by atoms with van der Waals surface area (Å²) in [6.07, 6.45) is 1.08. The van der Waals surface area contributed by atoms with Crippen LogP contribution in [0.3, 0.4) is 0 Å². The fourth-order valence-corrected chi connectivity index (χ4v) is 0.129. The first kappa shape index (κ1) is 10.7. The molecule has 0 saturated heterocycles. The zero-order chi connectivity index (χ0) is 4.99. The predicted octanol–water partition coefficient (Wildman–Crippen LogP) is 0.109. The maximum atomic E-state index is 8.33. The molecule has 0 aliphatic carbocycles. The predicted molar refractivity (Wildman–Crippen MR) is 35.1 cm³/mol. The lowest BCUT2D eigenvalue weighted by atomic mass is 10.1. The highest BCUT2D eigenvalue weighted by atomic mass is 24.3. The van der Waals surface area contributed by atoms with Crippen LogP contribution < -0.4 is 0 Å². The molecule has 0 aromatic rings. The van der Waals surface area contributed by atoms with E-state index in [9.17, 15) is 0 Å². The summed E-state index contributed by atoms with van der Waals surface area (Å²) < 4.78 is 0. The molecule has 2 heteroatoms. The van der Waals surface area contributed by atoms with Crippen molar-refractivity contribution in [1.29, 1.82) is 0 Å². The summed E-state index contributed by atoms with van der Waals surface area (Å²) in [6.45, 7) is 4.43. The minimum atomic E-state index is 0. The van der Waals surface area contributed by atoms with Gasteiger partial charge < -0.3 is 5.11 Å². The van der Waals surface area contributed by atoms with Gasteiger partial charge in [-0.1, -0.05) is 20.3 Å². The third kappa shape index (κ3) is 6.73. The van der Waals surface area contributed by atoms with Gasteiger partial charge in [0.15, 0.2) is 0 Å².